The fourth-order valence-corrected chi connectivity index (χ4v) is 2.90. The van der Waals surface area contributed by atoms with E-state index in [0.29, 0.717) is 19.5 Å². The summed E-state index contributed by atoms with van der Waals surface area (Å²) in [6, 6.07) is 9.36. The molecule has 1 saturated heterocycles. The topological polar surface area (TPSA) is 73.4 Å². The van der Waals surface area contributed by atoms with E-state index < -0.39 is 0 Å². The van der Waals surface area contributed by atoms with E-state index in [1.807, 2.05) is 49.8 Å². The van der Waals surface area contributed by atoms with Gasteiger partial charge in [0.15, 0.2) is 0 Å². The number of aryl methyl sites for hydroxylation is 1. The SMILES string of the molecule is Cn1cc(CN2C[C@@H](Oc3ccccc3)C[C@H]2C(N)=O)cn1. The molecule has 0 unspecified atom stereocenters. The first-order valence-electron chi connectivity index (χ1n) is 7.34. The van der Waals surface area contributed by atoms with Crippen LogP contribution in [0.5, 0.6) is 5.75 Å². The molecule has 0 aliphatic carbocycles. The minimum Gasteiger partial charge on any atom is -0.489 e. The molecule has 1 fully saturated rings. The zero-order valence-corrected chi connectivity index (χ0v) is 12.6. The zero-order chi connectivity index (χ0) is 15.5. The van der Waals surface area contributed by atoms with Crippen LogP contribution in [0.15, 0.2) is 42.7 Å². The summed E-state index contributed by atoms with van der Waals surface area (Å²) in [6.45, 7) is 1.33. The van der Waals surface area contributed by atoms with E-state index in [4.69, 9.17) is 10.5 Å². The lowest BCUT2D eigenvalue weighted by Gasteiger charge is -2.20. The lowest BCUT2D eigenvalue weighted by molar-refractivity contribution is -0.122. The number of nitrogens with zero attached hydrogens (tertiary/aromatic N) is 3. The Morgan fingerprint density at radius 1 is 1.41 bits per heavy atom. The Hall–Kier alpha value is -2.34. The number of benzene rings is 1. The van der Waals surface area contributed by atoms with Crippen LogP contribution in [0.4, 0.5) is 0 Å². The summed E-state index contributed by atoms with van der Waals surface area (Å²) in [5.41, 5.74) is 6.61. The van der Waals surface area contributed by atoms with Crippen LogP contribution < -0.4 is 10.5 Å². The Kier molecular flexibility index (Phi) is 4.11. The van der Waals surface area contributed by atoms with E-state index in [2.05, 4.69) is 10.00 Å². The van der Waals surface area contributed by atoms with E-state index in [0.717, 1.165) is 11.3 Å². The molecule has 2 atom stereocenters. The van der Waals surface area contributed by atoms with Gasteiger partial charge in [0.2, 0.25) is 5.91 Å². The van der Waals surface area contributed by atoms with Crippen molar-refractivity contribution in [3.63, 3.8) is 0 Å². The second-order valence-corrected chi connectivity index (χ2v) is 5.66. The van der Waals surface area contributed by atoms with Crippen molar-refractivity contribution >= 4 is 5.91 Å². The summed E-state index contributed by atoms with van der Waals surface area (Å²) in [4.78, 5) is 13.8. The van der Waals surface area contributed by atoms with Crippen molar-refractivity contribution in [3.8, 4) is 5.75 Å². The molecular weight excluding hydrogens is 280 g/mol. The van der Waals surface area contributed by atoms with Crippen LogP contribution in [0, 0.1) is 0 Å². The summed E-state index contributed by atoms with van der Waals surface area (Å²) in [5.74, 6) is 0.516. The Labute approximate surface area is 129 Å². The van der Waals surface area contributed by atoms with Crippen molar-refractivity contribution in [2.75, 3.05) is 6.54 Å². The number of para-hydroxylation sites is 1. The van der Waals surface area contributed by atoms with E-state index in [9.17, 15) is 4.79 Å². The van der Waals surface area contributed by atoms with Gasteiger partial charge in [-0.15, -0.1) is 0 Å². The summed E-state index contributed by atoms with van der Waals surface area (Å²) < 4.78 is 7.71. The van der Waals surface area contributed by atoms with Gasteiger partial charge in [0, 0.05) is 38.3 Å². The maximum Gasteiger partial charge on any atom is 0.234 e. The first-order valence-corrected chi connectivity index (χ1v) is 7.34. The molecule has 6 nitrogen and oxygen atoms in total. The second-order valence-electron chi connectivity index (χ2n) is 5.66. The molecule has 0 saturated carbocycles. The van der Waals surface area contributed by atoms with Gasteiger partial charge in [-0.25, -0.2) is 0 Å². The van der Waals surface area contributed by atoms with Gasteiger partial charge in [-0.05, 0) is 12.1 Å². The van der Waals surface area contributed by atoms with Crippen molar-refractivity contribution in [3.05, 3.63) is 48.3 Å². The van der Waals surface area contributed by atoms with Crippen molar-refractivity contribution in [1.82, 2.24) is 14.7 Å². The molecule has 1 aromatic heterocycles. The molecule has 0 spiro atoms. The molecular formula is C16H20N4O2. The summed E-state index contributed by atoms with van der Waals surface area (Å²) in [7, 11) is 1.88. The van der Waals surface area contributed by atoms with Crippen LogP contribution in [-0.2, 0) is 18.4 Å². The summed E-state index contributed by atoms with van der Waals surface area (Å²) >= 11 is 0. The average molecular weight is 300 g/mol. The molecule has 1 aliphatic rings. The van der Waals surface area contributed by atoms with E-state index >= 15 is 0 Å². The molecule has 2 aromatic rings. The maximum absolute atomic E-state index is 11.7. The molecule has 2 heterocycles. The van der Waals surface area contributed by atoms with Gasteiger partial charge in [0.1, 0.15) is 11.9 Å². The smallest absolute Gasteiger partial charge is 0.234 e. The third-order valence-electron chi connectivity index (χ3n) is 3.88. The summed E-state index contributed by atoms with van der Waals surface area (Å²) in [5, 5.41) is 4.16. The number of likely N-dealkylation sites (tertiary alicyclic amines) is 1. The highest BCUT2D eigenvalue weighted by Gasteiger charge is 2.36. The third-order valence-corrected chi connectivity index (χ3v) is 3.88. The molecule has 22 heavy (non-hydrogen) atoms. The Morgan fingerprint density at radius 2 is 2.18 bits per heavy atom. The Morgan fingerprint density at radius 3 is 2.82 bits per heavy atom. The first-order chi connectivity index (χ1) is 10.6. The van der Waals surface area contributed by atoms with Gasteiger partial charge in [-0.1, -0.05) is 18.2 Å². The molecule has 1 aliphatic heterocycles. The second kappa shape index (κ2) is 6.19. The number of carbonyl (C=O) groups excluding carboxylic acids is 1. The highest BCUT2D eigenvalue weighted by molar-refractivity contribution is 5.80. The number of ether oxygens (including phenoxy) is 1. The molecule has 2 N–H and O–H groups in total. The number of aromatic nitrogens is 2. The highest BCUT2D eigenvalue weighted by Crippen LogP contribution is 2.24. The normalized spacial score (nSPS) is 21.9. The van der Waals surface area contributed by atoms with Crippen molar-refractivity contribution in [2.45, 2.75) is 25.1 Å². The van der Waals surface area contributed by atoms with Crippen LogP contribution in [0.2, 0.25) is 0 Å². The van der Waals surface area contributed by atoms with E-state index in [-0.39, 0.29) is 18.1 Å². The first kappa shape index (κ1) is 14.6. The minimum absolute atomic E-state index is 0.0310. The van der Waals surface area contributed by atoms with Crippen LogP contribution in [-0.4, -0.2) is 39.3 Å². The number of hydrogen-bond donors (Lipinski definition) is 1. The molecule has 1 amide bonds. The fraction of sp³-hybridized carbons (Fsp3) is 0.375. The lowest BCUT2D eigenvalue weighted by atomic mass is 10.2. The predicted octanol–water partition coefficient (Wildman–Crippen LogP) is 0.927. The molecule has 6 heteroatoms. The number of hydrogen-bond acceptors (Lipinski definition) is 4. The quantitative estimate of drug-likeness (QED) is 0.891. The lowest BCUT2D eigenvalue weighted by Crippen LogP contribution is -2.39. The van der Waals surface area contributed by atoms with Crippen molar-refractivity contribution in [1.29, 1.82) is 0 Å². The fourth-order valence-electron chi connectivity index (χ4n) is 2.90. The van der Waals surface area contributed by atoms with Crippen LogP contribution in [0.25, 0.3) is 0 Å². The van der Waals surface area contributed by atoms with Crippen LogP contribution in [0.1, 0.15) is 12.0 Å². The number of carbonyl (C=O) groups is 1. The number of rotatable bonds is 5. The van der Waals surface area contributed by atoms with Gasteiger partial charge in [0.05, 0.1) is 12.2 Å². The van der Waals surface area contributed by atoms with E-state index in [1.54, 1.807) is 4.68 Å². The zero-order valence-electron chi connectivity index (χ0n) is 12.6. The van der Waals surface area contributed by atoms with Crippen LogP contribution >= 0.6 is 0 Å². The third kappa shape index (κ3) is 3.28. The molecule has 0 radical (unpaired) electrons. The van der Waals surface area contributed by atoms with Gasteiger partial charge in [-0.3, -0.25) is 14.4 Å². The number of nitrogens with two attached hydrogens (primary N) is 1. The largest absolute Gasteiger partial charge is 0.489 e. The Balaban J connectivity index is 1.68. The average Bonchev–Trinajstić information content (AvgIpc) is 3.07. The number of primary amides is 1. The molecule has 116 valence electrons. The van der Waals surface area contributed by atoms with Gasteiger partial charge in [0.25, 0.3) is 0 Å². The number of amides is 1. The molecule has 3 rings (SSSR count). The minimum atomic E-state index is -0.303. The van der Waals surface area contributed by atoms with E-state index in [1.165, 1.54) is 0 Å². The monoisotopic (exact) mass is 300 g/mol. The maximum atomic E-state index is 11.7. The summed E-state index contributed by atoms with van der Waals surface area (Å²) in [6.07, 6.45) is 4.34. The van der Waals surface area contributed by atoms with Crippen molar-refractivity contribution in [2.24, 2.45) is 12.8 Å². The molecule has 0 bridgehead atoms. The molecule has 1 aromatic carbocycles. The van der Waals surface area contributed by atoms with Gasteiger partial charge in [-0.2, -0.15) is 5.10 Å². The van der Waals surface area contributed by atoms with Gasteiger partial charge < -0.3 is 10.5 Å². The van der Waals surface area contributed by atoms with Crippen LogP contribution in [0.3, 0.4) is 0 Å². The standard InChI is InChI=1S/C16H20N4O2/c1-19-9-12(8-18-19)10-20-11-14(7-15(20)16(17)21)22-13-5-3-2-4-6-13/h2-6,8-9,14-15H,7,10-11H2,1H3,(H2,17,21)/t14-,15-/m0/s1. The van der Waals surface area contributed by atoms with Gasteiger partial charge >= 0.3 is 0 Å². The highest BCUT2D eigenvalue weighted by atomic mass is 16.5. The Bertz CT molecular complexity index is 641. The predicted molar refractivity (Wildman–Crippen MR) is 82.1 cm³/mol. The van der Waals surface area contributed by atoms with Crippen molar-refractivity contribution < 1.29 is 9.53 Å².